The molecule has 0 saturated heterocycles. The summed E-state index contributed by atoms with van der Waals surface area (Å²) >= 11 is 0. The standard InChI is InChI=1S/C62H111N2O7P/c1-7-10-13-16-19-22-25-27-29-31-32-33-35-37-40-43-46-49-52-55-62(66)71-60(53-50-47-44-41-38-24-21-18-15-12-9-3)59(58-70-72(67,68)69-57-56-64(4,5)6)63-61(65)54-51-48-45-42-39-36-34-30-28-26-23-20-17-14-11-8-2/h10,13,19,22,27,29,32-33,37,40,46,49-50,53,59-60H,7-9,11-12,14-18,20-21,23-26,28,30-31,34-36,38-39,41-45,47-48,51-52,54-58H2,1-6H3,(H-,63,65,67,68)/b13-10-,22-19-,29-27-,33-32-,40-37-,49-46-,53-50+. The van der Waals surface area contributed by atoms with Crippen molar-refractivity contribution >= 4 is 19.7 Å². The number of carbonyl (C=O) groups is 2. The predicted octanol–water partition coefficient (Wildman–Crippen LogP) is 17.2. The van der Waals surface area contributed by atoms with Crippen molar-refractivity contribution in [2.45, 2.75) is 258 Å². The van der Waals surface area contributed by atoms with E-state index in [-0.39, 0.29) is 18.9 Å². The van der Waals surface area contributed by atoms with Crippen LogP contribution in [0.4, 0.5) is 0 Å². The van der Waals surface area contributed by atoms with Crippen molar-refractivity contribution in [3.05, 3.63) is 85.1 Å². The first-order chi connectivity index (χ1) is 34.9. The van der Waals surface area contributed by atoms with Crippen molar-refractivity contribution in [2.75, 3.05) is 40.9 Å². The third kappa shape index (κ3) is 52.1. The Hall–Kier alpha value is -2.81. The van der Waals surface area contributed by atoms with Crippen molar-refractivity contribution in [2.24, 2.45) is 0 Å². The number of likely N-dealkylation sites (N-methyl/N-ethyl adjacent to an activating group) is 1. The van der Waals surface area contributed by atoms with E-state index in [9.17, 15) is 19.0 Å². The summed E-state index contributed by atoms with van der Waals surface area (Å²) in [6, 6.07) is -0.919. The van der Waals surface area contributed by atoms with Crippen LogP contribution >= 0.6 is 7.82 Å². The third-order valence-corrected chi connectivity index (χ3v) is 13.6. The largest absolute Gasteiger partial charge is 0.756 e. The number of hydrogen-bond donors (Lipinski definition) is 1. The van der Waals surface area contributed by atoms with E-state index < -0.39 is 32.5 Å². The Kier molecular flexibility index (Phi) is 49.6. The van der Waals surface area contributed by atoms with Crippen LogP contribution < -0.4 is 10.2 Å². The molecule has 0 radical (unpaired) electrons. The molecule has 0 spiro atoms. The minimum Gasteiger partial charge on any atom is -0.756 e. The molecule has 72 heavy (non-hydrogen) atoms. The summed E-state index contributed by atoms with van der Waals surface area (Å²) in [5, 5.41) is 3.00. The molecular formula is C62H111N2O7P. The lowest BCUT2D eigenvalue weighted by Crippen LogP contribution is -2.47. The molecule has 0 aromatic carbocycles. The number of phosphoric ester groups is 1. The molecule has 0 aromatic heterocycles. The third-order valence-electron chi connectivity index (χ3n) is 12.6. The Bertz CT molecular complexity index is 1510. The molecular weight excluding hydrogens is 916 g/mol. The van der Waals surface area contributed by atoms with Crippen LogP contribution in [0.25, 0.3) is 0 Å². The van der Waals surface area contributed by atoms with Gasteiger partial charge in [0.2, 0.25) is 5.91 Å². The number of nitrogens with one attached hydrogen (secondary N) is 1. The number of phosphoric acid groups is 1. The Morgan fingerprint density at radius 3 is 1.33 bits per heavy atom. The van der Waals surface area contributed by atoms with Gasteiger partial charge in [-0.25, -0.2) is 0 Å². The summed E-state index contributed by atoms with van der Waals surface area (Å²) < 4.78 is 30.2. The number of ether oxygens (including phenoxy) is 1. The molecule has 0 rings (SSSR count). The number of carbonyl (C=O) groups excluding carboxylic acids is 2. The molecule has 0 aliphatic heterocycles. The first kappa shape index (κ1) is 69.2. The number of amides is 1. The van der Waals surface area contributed by atoms with Gasteiger partial charge < -0.3 is 28.5 Å². The highest BCUT2D eigenvalue weighted by atomic mass is 31.2. The molecule has 0 aliphatic rings. The molecule has 10 heteroatoms. The van der Waals surface area contributed by atoms with Crippen LogP contribution in [-0.2, 0) is 27.9 Å². The first-order valence-electron chi connectivity index (χ1n) is 29.4. The highest BCUT2D eigenvalue weighted by Gasteiger charge is 2.27. The Balaban J connectivity index is 5.40. The van der Waals surface area contributed by atoms with Crippen LogP contribution in [0.1, 0.15) is 245 Å². The fourth-order valence-electron chi connectivity index (χ4n) is 8.08. The van der Waals surface area contributed by atoms with E-state index in [4.69, 9.17) is 13.8 Å². The van der Waals surface area contributed by atoms with Crippen LogP contribution in [0.3, 0.4) is 0 Å². The van der Waals surface area contributed by atoms with Gasteiger partial charge in [0.15, 0.2) is 0 Å². The highest BCUT2D eigenvalue weighted by Crippen LogP contribution is 2.38. The second kappa shape index (κ2) is 51.7. The summed E-state index contributed by atoms with van der Waals surface area (Å²) in [5.74, 6) is -0.638. The zero-order chi connectivity index (χ0) is 52.9. The monoisotopic (exact) mass is 1030 g/mol. The summed E-state index contributed by atoms with van der Waals surface area (Å²) in [6.07, 6.45) is 67.1. The number of unbranched alkanes of at least 4 members (excludes halogenated alkanes) is 24. The van der Waals surface area contributed by atoms with E-state index >= 15 is 0 Å². The maximum Gasteiger partial charge on any atom is 0.306 e. The molecule has 9 nitrogen and oxygen atoms in total. The minimum atomic E-state index is -4.71. The molecule has 1 N–H and O–H groups in total. The number of nitrogens with zero attached hydrogens (tertiary/aromatic N) is 1. The minimum absolute atomic E-state index is 0.0355. The van der Waals surface area contributed by atoms with Gasteiger partial charge in [-0.3, -0.25) is 14.2 Å². The lowest BCUT2D eigenvalue weighted by Gasteiger charge is -2.30. The van der Waals surface area contributed by atoms with Gasteiger partial charge >= 0.3 is 5.97 Å². The quantitative estimate of drug-likeness (QED) is 0.0212. The maximum absolute atomic E-state index is 13.5. The van der Waals surface area contributed by atoms with Gasteiger partial charge in [-0.1, -0.05) is 247 Å². The summed E-state index contributed by atoms with van der Waals surface area (Å²) in [7, 11) is 1.14. The molecule has 0 saturated carbocycles. The number of allylic oxidation sites excluding steroid dienone is 13. The van der Waals surface area contributed by atoms with Crippen molar-refractivity contribution < 1.29 is 37.3 Å². The van der Waals surface area contributed by atoms with Crippen LogP contribution in [0.5, 0.6) is 0 Å². The topological polar surface area (TPSA) is 114 Å². The summed E-state index contributed by atoms with van der Waals surface area (Å²) in [4.78, 5) is 39.8. The Morgan fingerprint density at radius 1 is 0.500 bits per heavy atom. The van der Waals surface area contributed by atoms with Crippen LogP contribution in [0, 0.1) is 0 Å². The Morgan fingerprint density at radius 2 is 0.903 bits per heavy atom. The Labute approximate surface area is 444 Å². The molecule has 416 valence electrons. The lowest BCUT2D eigenvalue weighted by atomic mass is 10.0. The zero-order valence-corrected chi connectivity index (χ0v) is 48.3. The molecule has 0 heterocycles. The van der Waals surface area contributed by atoms with Crippen LogP contribution in [0.2, 0.25) is 0 Å². The van der Waals surface area contributed by atoms with E-state index in [1.54, 1.807) is 6.08 Å². The van der Waals surface area contributed by atoms with Crippen molar-refractivity contribution in [3.8, 4) is 0 Å². The van der Waals surface area contributed by atoms with Crippen molar-refractivity contribution in [1.29, 1.82) is 0 Å². The van der Waals surface area contributed by atoms with Gasteiger partial charge in [-0.15, -0.1) is 0 Å². The van der Waals surface area contributed by atoms with E-state index in [1.807, 2.05) is 39.4 Å². The van der Waals surface area contributed by atoms with Gasteiger partial charge in [-0.2, -0.15) is 0 Å². The molecule has 0 fully saturated rings. The number of quaternary nitrogens is 1. The molecule has 0 aromatic rings. The maximum atomic E-state index is 13.5. The van der Waals surface area contributed by atoms with E-state index in [0.717, 1.165) is 77.0 Å². The fourth-order valence-corrected chi connectivity index (χ4v) is 8.80. The number of esters is 1. The smallest absolute Gasteiger partial charge is 0.306 e. The number of rotatable bonds is 52. The molecule has 0 bridgehead atoms. The molecule has 3 atom stereocenters. The average Bonchev–Trinajstić information content (AvgIpc) is 3.34. The van der Waals surface area contributed by atoms with Crippen molar-refractivity contribution in [3.63, 3.8) is 0 Å². The van der Waals surface area contributed by atoms with Gasteiger partial charge in [0.25, 0.3) is 7.82 Å². The van der Waals surface area contributed by atoms with E-state index in [2.05, 4.69) is 86.8 Å². The van der Waals surface area contributed by atoms with Gasteiger partial charge in [0.05, 0.1) is 33.8 Å². The zero-order valence-electron chi connectivity index (χ0n) is 47.4. The summed E-state index contributed by atoms with van der Waals surface area (Å²) in [5.41, 5.74) is 0. The van der Waals surface area contributed by atoms with Crippen LogP contribution in [0.15, 0.2) is 85.1 Å². The lowest BCUT2D eigenvalue weighted by molar-refractivity contribution is -0.870. The van der Waals surface area contributed by atoms with Gasteiger partial charge in [-0.05, 0) is 70.3 Å². The normalized spacial score (nSPS) is 14.4. The fraction of sp³-hybridized carbons (Fsp3) is 0.742. The predicted molar refractivity (Wildman–Crippen MR) is 307 cm³/mol. The van der Waals surface area contributed by atoms with Gasteiger partial charge in [0.1, 0.15) is 19.3 Å². The average molecular weight is 1030 g/mol. The molecule has 1 amide bonds. The van der Waals surface area contributed by atoms with E-state index in [1.165, 1.54) is 128 Å². The number of hydrogen-bond acceptors (Lipinski definition) is 7. The molecule has 3 unspecified atom stereocenters. The van der Waals surface area contributed by atoms with Crippen LogP contribution in [-0.4, -0.2) is 69.4 Å². The van der Waals surface area contributed by atoms with Crippen molar-refractivity contribution in [1.82, 2.24) is 5.32 Å². The van der Waals surface area contributed by atoms with E-state index in [0.29, 0.717) is 23.9 Å². The summed E-state index contributed by atoms with van der Waals surface area (Å²) in [6.45, 7) is 6.67. The van der Waals surface area contributed by atoms with Gasteiger partial charge in [0, 0.05) is 12.8 Å². The highest BCUT2D eigenvalue weighted by molar-refractivity contribution is 7.45. The molecule has 0 aliphatic carbocycles. The SMILES string of the molecule is CC/C=C\C/C=C\C/C=C\C/C=C\C/C=C\C/C=C\CCC(=O)OC(/C=C/CCCCCCCCCCC)C(COP(=O)([O-])OCC[N+](C)(C)C)NC(=O)CCCCCCCCCCCCCCCCCC. The second-order valence-electron chi connectivity index (χ2n) is 20.8. The first-order valence-corrected chi connectivity index (χ1v) is 30.9. The second-order valence-corrected chi connectivity index (χ2v) is 22.2.